The Bertz CT molecular complexity index is 676. The molecule has 0 radical (unpaired) electrons. The van der Waals surface area contributed by atoms with Gasteiger partial charge in [-0.15, -0.1) is 5.10 Å². The number of rotatable bonds is 3. The molecule has 3 fully saturated rings. The molecule has 8 nitrogen and oxygen atoms in total. The molecule has 2 amide bonds. The van der Waals surface area contributed by atoms with E-state index in [2.05, 4.69) is 17.0 Å². The lowest BCUT2D eigenvalue weighted by Gasteiger charge is -2.51. The fourth-order valence-corrected chi connectivity index (χ4v) is 3.98. The summed E-state index contributed by atoms with van der Waals surface area (Å²) in [6, 6.07) is 0.0552. The molecule has 1 spiro atoms. The first-order chi connectivity index (χ1) is 12.0. The molecule has 8 heteroatoms. The van der Waals surface area contributed by atoms with Gasteiger partial charge in [-0.05, 0) is 38.5 Å². The molecule has 0 unspecified atom stereocenters. The summed E-state index contributed by atoms with van der Waals surface area (Å²) in [6.45, 7) is 4.31. The van der Waals surface area contributed by atoms with Crippen molar-refractivity contribution in [1.82, 2.24) is 24.6 Å². The number of likely N-dealkylation sites (tertiary alicyclic amines) is 1. The van der Waals surface area contributed by atoms with E-state index in [0.29, 0.717) is 19.0 Å². The lowest BCUT2D eigenvalue weighted by molar-refractivity contribution is -0.185. The Morgan fingerprint density at radius 2 is 2.08 bits per heavy atom. The summed E-state index contributed by atoms with van der Waals surface area (Å²) in [5.74, 6) is 0.867. The van der Waals surface area contributed by atoms with Crippen molar-refractivity contribution in [3.8, 4) is 0 Å². The first-order valence-electron chi connectivity index (χ1n) is 9.07. The van der Waals surface area contributed by atoms with E-state index in [9.17, 15) is 9.59 Å². The molecule has 1 aromatic rings. The Morgan fingerprint density at radius 1 is 1.36 bits per heavy atom. The van der Waals surface area contributed by atoms with E-state index in [4.69, 9.17) is 4.74 Å². The number of ether oxygens (including phenoxy) is 1. The van der Waals surface area contributed by atoms with Crippen molar-refractivity contribution in [1.29, 1.82) is 0 Å². The molecule has 1 saturated carbocycles. The summed E-state index contributed by atoms with van der Waals surface area (Å²) in [4.78, 5) is 32.6. The van der Waals surface area contributed by atoms with E-state index < -0.39 is 0 Å². The Labute approximate surface area is 147 Å². The summed E-state index contributed by atoms with van der Waals surface area (Å²) in [6.07, 6.45) is 5.46. The number of hydrogen-bond donors (Lipinski definition) is 0. The third-order valence-corrected chi connectivity index (χ3v) is 5.87. The van der Waals surface area contributed by atoms with Crippen LogP contribution < -0.4 is 0 Å². The molecule has 1 aliphatic carbocycles. The molecule has 3 heterocycles. The van der Waals surface area contributed by atoms with Gasteiger partial charge in [0.2, 0.25) is 11.7 Å². The normalized spacial score (nSPS) is 26.3. The number of piperidine rings is 1. The van der Waals surface area contributed by atoms with Crippen molar-refractivity contribution < 1.29 is 14.3 Å². The fourth-order valence-electron chi connectivity index (χ4n) is 3.98. The molecule has 2 aliphatic heterocycles. The van der Waals surface area contributed by atoms with Gasteiger partial charge in [0, 0.05) is 26.7 Å². The predicted octanol–water partition coefficient (Wildman–Crippen LogP) is 0.447. The van der Waals surface area contributed by atoms with Crippen molar-refractivity contribution in [3.63, 3.8) is 0 Å². The van der Waals surface area contributed by atoms with E-state index in [1.165, 1.54) is 23.9 Å². The number of nitrogens with zero attached hydrogens (tertiary/aromatic N) is 5. The van der Waals surface area contributed by atoms with Gasteiger partial charge in [0.1, 0.15) is 12.9 Å². The van der Waals surface area contributed by atoms with Gasteiger partial charge >= 0.3 is 0 Å². The number of hydrogen-bond acceptors (Lipinski definition) is 5. The van der Waals surface area contributed by atoms with Gasteiger partial charge in [-0.25, -0.2) is 4.98 Å². The number of aryl methyl sites for hydroxylation is 1. The van der Waals surface area contributed by atoms with Crippen molar-refractivity contribution in [2.24, 2.45) is 13.0 Å². The molecule has 0 N–H and O–H groups in total. The standard InChI is InChI=1S/C17H25N5O3/c1-12-17(25-10-14(23)22(12)9-13-3-4-13)5-7-21(8-6-17)16(24)15-18-11-20(2)19-15/h11-13H,3-10H2,1-2H3/t12-/m0/s1. The first kappa shape index (κ1) is 16.5. The highest BCUT2D eigenvalue weighted by Crippen LogP contribution is 2.38. The minimum absolute atomic E-state index is 0.0552. The predicted molar refractivity (Wildman–Crippen MR) is 88.7 cm³/mol. The molecule has 1 atom stereocenters. The van der Waals surface area contributed by atoms with Crippen LogP contribution in [0.3, 0.4) is 0 Å². The van der Waals surface area contributed by atoms with E-state index in [-0.39, 0.29) is 35.9 Å². The number of aromatic nitrogens is 3. The Hall–Kier alpha value is -1.96. The number of carbonyl (C=O) groups excluding carboxylic acids is 2. The van der Waals surface area contributed by atoms with Crippen molar-refractivity contribution in [3.05, 3.63) is 12.2 Å². The third kappa shape index (κ3) is 3.03. The van der Waals surface area contributed by atoms with Crippen LogP contribution in [0.5, 0.6) is 0 Å². The molecular weight excluding hydrogens is 322 g/mol. The van der Waals surface area contributed by atoms with Crippen LogP contribution in [0.25, 0.3) is 0 Å². The van der Waals surface area contributed by atoms with Gasteiger partial charge in [0.25, 0.3) is 5.91 Å². The molecule has 25 heavy (non-hydrogen) atoms. The van der Waals surface area contributed by atoms with Gasteiger partial charge in [0.05, 0.1) is 11.6 Å². The van der Waals surface area contributed by atoms with E-state index in [1.54, 1.807) is 11.9 Å². The van der Waals surface area contributed by atoms with Crippen LogP contribution >= 0.6 is 0 Å². The minimum Gasteiger partial charge on any atom is -0.363 e. The summed E-state index contributed by atoms with van der Waals surface area (Å²) in [5.41, 5.74) is -0.336. The smallest absolute Gasteiger partial charge is 0.293 e. The SMILES string of the molecule is C[C@@H]1N(CC2CC2)C(=O)COC12CCN(C(=O)c1ncn(C)n1)CC2. The molecule has 0 aromatic carbocycles. The number of morpholine rings is 1. The summed E-state index contributed by atoms with van der Waals surface area (Å²) < 4.78 is 7.57. The molecular formula is C17H25N5O3. The van der Waals surface area contributed by atoms with Crippen LogP contribution in [-0.4, -0.2) is 74.3 Å². The maximum atomic E-state index is 12.5. The molecule has 136 valence electrons. The van der Waals surface area contributed by atoms with Crippen LogP contribution in [0, 0.1) is 5.92 Å². The van der Waals surface area contributed by atoms with Crippen molar-refractivity contribution >= 4 is 11.8 Å². The van der Waals surface area contributed by atoms with Gasteiger partial charge in [-0.3, -0.25) is 14.3 Å². The van der Waals surface area contributed by atoms with Crippen LogP contribution in [0.15, 0.2) is 6.33 Å². The first-order valence-corrected chi connectivity index (χ1v) is 9.07. The quantitative estimate of drug-likeness (QED) is 0.793. The monoisotopic (exact) mass is 347 g/mol. The maximum absolute atomic E-state index is 12.5. The zero-order chi connectivity index (χ0) is 17.6. The lowest BCUT2D eigenvalue weighted by Crippen LogP contribution is -2.64. The van der Waals surface area contributed by atoms with E-state index in [0.717, 1.165) is 19.4 Å². The van der Waals surface area contributed by atoms with E-state index in [1.807, 2.05) is 4.90 Å². The topological polar surface area (TPSA) is 80.6 Å². The lowest BCUT2D eigenvalue weighted by atomic mass is 9.82. The Balaban J connectivity index is 1.42. The highest BCUT2D eigenvalue weighted by atomic mass is 16.5. The van der Waals surface area contributed by atoms with Crippen LogP contribution in [0.1, 0.15) is 43.2 Å². The highest BCUT2D eigenvalue weighted by Gasteiger charge is 2.49. The molecule has 1 aromatic heterocycles. The molecule has 4 rings (SSSR count). The van der Waals surface area contributed by atoms with E-state index >= 15 is 0 Å². The third-order valence-electron chi connectivity index (χ3n) is 5.87. The second kappa shape index (κ2) is 6.09. The summed E-state index contributed by atoms with van der Waals surface area (Å²) >= 11 is 0. The van der Waals surface area contributed by atoms with Gasteiger partial charge in [-0.1, -0.05) is 0 Å². The fraction of sp³-hybridized carbons (Fsp3) is 0.765. The minimum atomic E-state index is -0.336. The maximum Gasteiger partial charge on any atom is 0.293 e. The van der Waals surface area contributed by atoms with Gasteiger partial charge in [0.15, 0.2) is 0 Å². The number of amides is 2. The molecule has 3 aliphatic rings. The van der Waals surface area contributed by atoms with Crippen molar-refractivity contribution in [2.45, 2.75) is 44.2 Å². The molecule has 0 bridgehead atoms. The summed E-state index contributed by atoms with van der Waals surface area (Å²) in [7, 11) is 1.75. The van der Waals surface area contributed by atoms with Crippen LogP contribution in [0.2, 0.25) is 0 Å². The highest BCUT2D eigenvalue weighted by molar-refractivity contribution is 5.90. The second-order valence-corrected chi connectivity index (χ2v) is 7.55. The zero-order valence-electron chi connectivity index (χ0n) is 14.8. The van der Waals surface area contributed by atoms with Gasteiger partial charge in [-0.2, -0.15) is 0 Å². The average Bonchev–Trinajstić information content (AvgIpc) is 3.34. The van der Waals surface area contributed by atoms with Crippen LogP contribution in [0.4, 0.5) is 0 Å². The van der Waals surface area contributed by atoms with Gasteiger partial charge < -0.3 is 14.5 Å². The number of carbonyl (C=O) groups is 2. The molecule has 2 saturated heterocycles. The average molecular weight is 347 g/mol. The second-order valence-electron chi connectivity index (χ2n) is 7.55. The van der Waals surface area contributed by atoms with Crippen LogP contribution in [-0.2, 0) is 16.6 Å². The Kier molecular flexibility index (Phi) is 4.02. The Morgan fingerprint density at radius 3 is 2.68 bits per heavy atom. The van der Waals surface area contributed by atoms with Crippen molar-refractivity contribution in [2.75, 3.05) is 26.2 Å². The largest absolute Gasteiger partial charge is 0.363 e. The summed E-state index contributed by atoms with van der Waals surface area (Å²) in [5, 5.41) is 4.10. The zero-order valence-corrected chi connectivity index (χ0v) is 14.8.